The number of amides is 1. The van der Waals surface area contributed by atoms with E-state index in [4.69, 9.17) is 0 Å². The molecule has 0 bridgehead atoms. The SMILES string of the molecule is CN1CCN(CC(=O)Nc2cc3cc(-c4cn(C)nn4)ccc3cn2)CC1. The molecule has 1 aromatic carbocycles. The van der Waals surface area contributed by atoms with E-state index in [1.54, 1.807) is 10.9 Å². The number of hydrogen-bond acceptors (Lipinski definition) is 6. The van der Waals surface area contributed by atoms with Crippen LogP contribution in [-0.4, -0.2) is 75.5 Å². The van der Waals surface area contributed by atoms with E-state index in [0.717, 1.165) is 48.2 Å². The molecule has 1 N–H and O–H groups in total. The molecule has 3 heterocycles. The molecule has 1 aliphatic rings. The van der Waals surface area contributed by atoms with Gasteiger partial charge >= 0.3 is 0 Å². The average Bonchev–Trinajstić information content (AvgIpc) is 3.09. The normalized spacial score (nSPS) is 15.9. The Balaban J connectivity index is 1.48. The van der Waals surface area contributed by atoms with Crippen molar-refractivity contribution in [2.24, 2.45) is 7.05 Å². The Morgan fingerprint density at radius 2 is 1.93 bits per heavy atom. The number of carbonyl (C=O) groups excluding carboxylic acids is 1. The number of nitrogens with one attached hydrogen (secondary N) is 1. The Morgan fingerprint density at radius 3 is 2.67 bits per heavy atom. The van der Waals surface area contributed by atoms with Crippen LogP contribution in [-0.2, 0) is 11.8 Å². The highest BCUT2D eigenvalue weighted by Crippen LogP contribution is 2.24. The molecule has 0 spiro atoms. The third-order valence-electron chi connectivity index (χ3n) is 4.85. The van der Waals surface area contributed by atoms with Crippen LogP contribution in [0.3, 0.4) is 0 Å². The van der Waals surface area contributed by atoms with Crippen LogP contribution in [0, 0.1) is 0 Å². The minimum Gasteiger partial charge on any atom is -0.310 e. The van der Waals surface area contributed by atoms with Gasteiger partial charge in [-0.2, -0.15) is 0 Å². The van der Waals surface area contributed by atoms with Gasteiger partial charge in [0.25, 0.3) is 0 Å². The standard InChI is InChI=1S/C19H23N7O/c1-24-5-7-26(8-6-24)13-19(27)21-18-10-16-9-14(3-4-15(16)11-20-18)17-12-25(2)23-22-17/h3-4,9-12H,5-8,13H2,1-2H3,(H,20,21,27). The van der Waals surface area contributed by atoms with Crippen molar-refractivity contribution in [3.8, 4) is 11.3 Å². The van der Waals surface area contributed by atoms with Crippen molar-refractivity contribution in [3.05, 3.63) is 36.7 Å². The molecule has 8 nitrogen and oxygen atoms in total. The second-order valence-electron chi connectivity index (χ2n) is 7.04. The molecule has 1 aliphatic heterocycles. The zero-order chi connectivity index (χ0) is 18.8. The molecule has 1 fully saturated rings. The number of fused-ring (bicyclic) bond motifs is 1. The Hall–Kier alpha value is -2.84. The van der Waals surface area contributed by atoms with Gasteiger partial charge in [0, 0.05) is 50.4 Å². The molecule has 0 atom stereocenters. The molecule has 0 saturated carbocycles. The monoisotopic (exact) mass is 365 g/mol. The summed E-state index contributed by atoms with van der Waals surface area (Å²) in [6.45, 7) is 4.21. The second kappa shape index (κ2) is 7.42. The molecule has 27 heavy (non-hydrogen) atoms. The van der Waals surface area contributed by atoms with Gasteiger partial charge in [-0.1, -0.05) is 17.3 Å². The number of aromatic nitrogens is 4. The molecule has 0 unspecified atom stereocenters. The van der Waals surface area contributed by atoms with E-state index in [2.05, 4.69) is 37.5 Å². The van der Waals surface area contributed by atoms with E-state index in [1.807, 2.05) is 37.5 Å². The van der Waals surface area contributed by atoms with E-state index in [0.29, 0.717) is 12.4 Å². The van der Waals surface area contributed by atoms with Crippen molar-refractivity contribution in [2.75, 3.05) is 45.1 Å². The fourth-order valence-corrected chi connectivity index (χ4v) is 3.24. The number of piperazine rings is 1. The lowest BCUT2D eigenvalue weighted by molar-refractivity contribution is -0.117. The molecular formula is C19H23N7O. The number of carbonyl (C=O) groups is 1. The summed E-state index contributed by atoms with van der Waals surface area (Å²) < 4.78 is 1.68. The summed E-state index contributed by atoms with van der Waals surface area (Å²) in [5.74, 6) is 0.536. The Kier molecular flexibility index (Phi) is 4.83. The van der Waals surface area contributed by atoms with Crippen LogP contribution in [0.1, 0.15) is 0 Å². The minimum atomic E-state index is -0.0310. The van der Waals surface area contributed by atoms with Crippen LogP contribution in [0.25, 0.3) is 22.0 Å². The quantitative estimate of drug-likeness (QED) is 0.749. The summed E-state index contributed by atoms with van der Waals surface area (Å²) in [7, 11) is 3.95. The van der Waals surface area contributed by atoms with Gasteiger partial charge in [0.15, 0.2) is 0 Å². The Bertz CT molecular complexity index is 960. The first kappa shape index (κ1) is 17.6. The number of pyridine rings is 1. The number of rotatable bonds is 4. The van der Waals surface area contributed by atoms with Crippen LogP contribution in [0.5, 0.6) is 0 Å². The number of nitrogens with zero attached hydrogens (tertiary/aromatic N) is 6. The van der Waals surface area contributed by atoms with Gasteiger partial charge in [-0.25, -0.2) is 4.98 Å². The second-order valence-corrected chi connectivity index (χ2v) is 7.04. The number of aryl methyl sites for hydroxylation is 1. The highest BCUT2D eigenvalue weighted by atomic mass is 16.2. The summed E-state index contributed by atoms with van der Waals surface area (Å²) in [6.07, 6.45) is 3.66. The van der Waals surface area contributed by atoms with Crippen molar-refractivity contribution >= 4 is 22.5 Å². The highest BCUT2D eigenvalue weighted by Gasteiger charge is 2.16. The van der Waals surface area contributed by atoms with Crippen LogP contribution in [0.4, 0.5) is 5.82 Å². The van der Waals surface area contributed by atoms with Crippen molar-refractivity contribution in [3.63, 3.8) is 0 Å². The first-order valence-electron chi connectivity index (χ1n) is 9.04. The maximum atomic E-state index is 12.4. The summed E-state index contributed by atoms with van der Waals surface area (Å²) in [4.78, 5) is 21.2. The first-order valence-corrected chi connectivity index (χ1v) is 9.04. The summed E-state index contributed by atoms with van der Waals surface area (Å²) in [5.41, 5.74) is 1.80. The molecule has 1 saturated heterocycles. The van der Waals surface area contributed by atoms with E-state index in [1.165, 1.54) is 0 Å². The fourth-order valence-electron chi connectivity index (χ4n) is 3.24. The molecule has 3 aromatic rings. The molecule has 4 rings (SSSR count). The summed E-state index contributed by atoms with van der Waals surface area (Å²) in [5, 5.41) is 13.1. The first-order chi connectivity index (χ1) is 13.1. The maximum Gasteiger partial charge on any atom is 0.239 e. The van der Waals surface area contributed by atoms with Crippen LogP contribution < -0.4 is 5.32 Å². The minimum absolute atomic E-state index is 0.0310. The number of anilines is 1. The lowest BCUT2D eigenvalue weighted by atomic mass is 10.1. The van der Waals surface area contributed by atoms with Crippen molar-refractivity contribution in [2.45, 2.75) is 0 Å². The number of likely N-dealkylation sites (N-methyl/N-ethyl adjacent to an activating group) is 1. The molecule has 140 valence electrons. The van der Waals surface area contributed by atoms with Gasteiger partial charge in [0.1, 0.15) is 11.5 Å². The lowest BCUT2D eigenvalue weighted by Gasteiger charge is -2.31. The largest absolute Gasteiger partial charge is 0.310 e. The smallest absolute Gasteiger partial charge is 0.239 e. The van der Waals surface area contributed by atoms with E-state index < -0.39 is 0 Å². The van der Waals surface area contributed by atoms with E-state index in [9.17, 15) is 4.79 Å². The van der Waals surface area contributed by atoms with Gasteiger partial charge in [-0.05, 0) is 24.6 Å². The average molecular weight is 365 g/mol. The molecule has 0 aliphatic carbocycles. The number of benzene rings is 1. The lowest BCUT2D eigenvalue weighted by Crippen LogP contribution is -2.47. The molecular weight excluding hydrogens is 342 g/mol. The van der Waals surface area contributed by atoms with E-state index in [-0.39, 0.29) is 5.91 Å². The van der Waals surface area contributed by atoms with Crippen molar-refractivity contribution < 1.29 is 4.79 Å². The Labute approximate surface area is 157 Å². The van der Waals surface area contributed by atoms with Crippen LogP contribution in [0.2, 0.25) is 0 Å². The third kappa shape index (κ3) is 4.12. The van der Waals surface area contributed by atoms with Crippen molar-refractivity contribution in [1.29, 1.82) is 0 Å². The topological polar surface area (TPSA) is 79.2 Å². The van der Waals surface area contributed by atoms with E-state index >= 15 is 0 Å². The van der Waals surface area contributed by atoms with Gasteiger partial charge in [-0.15, -0.1) is 5.10 Å². The molecule has 2 aromatic heterocycles. The zero-order valence-corrected chi connectivity index (χ0v) is 15.6. The maximum absolute atomic E-state index is 12.4. The fraction of sp³-hybridized carbons (Fsp3) is 0.368. The predicted octanol–water partition coefficient (Wildman–Crippen LogP) is 1.22. The zero-order valence-electron chi connectivity index (χ0n) is 15.6. The Morgan fingerprint density at radius 1 is 1.11 bits per heavy atom. The molecule has 1 amide bonds. The van der Waals surface area contributed by atoms with Gasteiger partial charge in [0.05, 0.1) is 12.7 Å². The molecule has 8 heteroatoms. The van der Waals surface area contributed by atoms with Crippen LogP contribution >= 0.6 is 0 Å². The highest BCUT2D eigenvalue weighted by molar-refractivity contribution is 5.94. The van der Waals surface area contributed by atoms with Crippen molar-refractivity contribution in [1.82, 2.24) is 29.8 Å². The predicted molar refractivity (Wildman–Crippen MR) is 104 cm³/mol. The third-order valence-corrected chi connectivity index (χ3v) is 4.85. The van der Waals surface area contributed by atoms with Gasteiger partial charge in [-0.3, -0.25) is 14.4 Å². The van der Waals surface area contributed by atoms with Gasteiger partial charge in [0.2, 0.25) is 5.91 Å². The van der Waals surface area contributed by atoms with Crippen LogP contribution in [0.15, 0.2) is 36.7 Å². The van der Waals surface area contributed by atoms with Gasteiger partial charge < -0.3 is 10.2 Å². The molecule has 0 radical (unpaired) electrons. The summed E-state index contributed by atoms with van der Waals surface area (Å²) in [6, 6.07) is 7.94. The summed E-state index contributed by atoms with van der Waals surface area (Å²) >= 11 is 0. The number of hydrogen-bond donors (Lipinski definition) is 1.